The number of rotatable bonds is 4. The summed E-state index contributed by atoms with van der Waals surface area (Å²) in [7, 11) is -3.86. The molecule has 1 fully saturated rings. The van der Waals surface area contributed by atoms with Gasteiger partial charge >= 0.3 is 16.2 Å². The molecule has 1 aromatic heterocycles. The van der Waals surface area contributed by atoms with Gasteiger partial charge in [-0.2, -0.15) is 12.7 Å². The second kappa shape index (κ2) is 5.96. The van der Waals surface area contributed by atoms with Gasteiger partial charge in [0.15, 0.2) is 5.69 Å². The summed E-state index contributed by atoms with van der Waals surface area (Å²) in [5.74, 6) is -1.29. The highest BCUT2D eigenvalue weighted by Crippen LogP contribution is 2.19. The molecule has 0 radical (unpaired) electrons. The summed E-state index contributed by atoms with van der Waals surface area (Å²) in [6, 6.07) is 2.83. The number of anilines is 1. The third-order valence-corrected chi connectivity index (χ3v) is 4.43. The summed E-state index contributed by atoms with van der Waals surface area (Å²) in [4.78, 5) is 14.7. The Labute approximate surface area is 122 Å². The van der Waals surface area contributed by atoms with Crippen molar-refractivity contribution in [2.45, 2.75) is 26.1 Å². The molecule has 1 aliphatic rings. The van der Waals surface area contributed by atoms with Crippen LogP contribution in [0.1, 0.15) is 24.3 Å². The lowest BCUT2D eigenvalue weighted by atomic mass is 10.3. The number of ether oxygens (including phenoxy) is 1. The summed E-state index contributed by atoms with van der Waals surface area (Å²) in [6.45, 7) is 3.99. The highest BCUT2D eigenvalue weighted by atomic mass is 32.2. The van der Waals surface area contributed by atoms with Gasteiger partial charge in [-0.05, 0) is 26.0 Å². The molecule has 1 aromatic rings. The van der Waals surface area contributed by atoms with Gasteiger partial charge in [0.2, 0.25) is 0 Å². The molecule has 0 aromatic carbocycles. The molecule has 116 valence electrons. The average molecular weight is 315 g/mol. The number of carbonyl (C=O) groups is 1. The number of carboxylic acid groups (broad SMARTS) is 1. The molecule has 0 saturated carbocycles. The Hall–Kier alpha value is -1.71. The summed E-state index contributed by atoms with van der Waals surface area (Å²) < 4.78 is 33.7. The number of aromatic nitrogens is 1. The lowest BCUT2D eigenvalue weighted by molar-refractivity contribution is -0.0439. The molecular formula is C12H17N3O5S. The number of carboxylic acids is 1. The van der Waals surface area contributed by atoms with Crippen molar-refractivity contribution >= 4 is 21.9 Å². The van der Waals surface area contributed by atoms with Crippen molar-refractivity contribution < 1.29 is 23.1 Å². The second-order valence-corrected chi connectivity index (χ2v) is 6.56. The topological polar surface area (TPSA) is 109 Å². The summed E-state index contributed by atoms with van der Waals surface area (Å²) >= 11 is 0. The van der Waals surface area contributed by atoms with Crippen molar-refractivity contribution in [1.82, 2.24) is 9.29 Å². The maximum Gasteiger partial charge on any atom is 0.356 e. The molecule has 2 unspecified atom stereocenters. The van der Waals surface area contributed by atoms with Crippen LogP contribution in [0.15, 0.2) is 18.3 Å². The number of pyridine rings is 1. The molecule has 2 rings (SSSR count). The van der Waals surface area contributed by atoms with E-state index in [1.807, 2.05) is 0 Å². The summed E-state index contributed by atoms with van der Waals surface area (Å²) in [5.41, 5.74) is -0.396. The molecule has 1 saturated heterocycles. The highest BCUT2D eigenvalue weighted by molar-refractivity contribution is 7.90. The molecule has 0 bridgehead atoms. The monoisotopic (exact) mass is 315 g/mol. The van der Waals surface area contributed by atoms with Crippen molar-refractivity contribution in [3.05, 3.63) is 24.0 Å². The third-order valence-electron chi connectivity index (χ3n) is 2.98. The number of nitrogens with zero attached hydrogens (tertiary/aromatic N) is 2. The maximum atomic E-state index is 12.4. The van der Waals surface area contributed by atoms with Crippen LogP contribution >= 0.6 is 0 Å². The van der Waals surface area contributed by atoms with Gasteiger partial charge in [-0.1, -0.05) is 0 Å². The van der Waals surface area contributed by atoms with Gasteiger partial charge in [0.05, 0.1) is 17.9 Å². The minimum absolute atomic E-state index is 0.0585. The van der Waals surface area contributed by atoms with E-state index in [-0.39, 0.29) is 36.7 Å². The van der Waals surface area contributed by atoms with E-state index in [1.54, 1.807) is 13.8 Å². The first-order valence-electron chi connectivity index (χ1n) is 6.41. The zero-order valence-electron chi connectivity index (χ0n) is 11.7. The molecule has 9 heteroatoms. The van der Waals surface area contributed by atoms with Crippen molar-refractivity contribution in [1.29, 1.82) is 0 Å². The van der Waals surface area contributed by atoms with Crippen LogP contribution in [0.3, 0.4) is 0 Å². The van der Waals surface area contributed by atoms with Crippen LogP contribution in [-0.2, 0) is 14.9 Å². The Morgan fingerprint density at radius 1 is 1.43 bits per heavy atom. The fraction of sp³-hybridized carbons (Fsp3) is 0.500. The maximum absolute atomic E-state index is 12.4. The SMILES string of the molecule is CC1CN(S(=O)(=O)Nc2cccnc2C(=O)O)CC(C)O1. The van der Waals surface area contributed by atoms with E-state index in [1.165, 1.54) is 22.6 Å². The van der Waals surface area contributed by atoms with Crippen LogP contribution in [0.25, 0.3) is 0 Å². The molecule has 0 spiro atoms. The van der Waals surface area contributed by atoms with Crippen LogP contribution in [-0.4, -0.2) is 54.1 Å². The van der Waals surface area contributed by atoms with Crippen molar-refractivity contribution in [3.8, 4) is 0 Å². The van der Waals surface area contributed by atoms with Crippen LogP contribution < -0.4 is 4.72 Å². The first-order valence-corrected chi connectivity index (χ1v) is 7.85. The standard InChI is InChI=1S/C12H17N3O5S/c1-8-6-15(7-9(2)20-8)21(18,19)14-10-4-3-5-13-11(10)12(16)17/h3-5,8-9,14H,6-7H2,1-2H3,(H,16,17). The number of hydrogen-bond acceptors (Lipinski definition) is 5. The molecule has 2 atom stereocenters. The molecule has 1 aliphatic heterocycles. The lowest BCUT2D eigenvalue weighted by Gasteiger charge is -2.34. The van der Waals surface area contributed by atoms with E-state index < -0.39 is 16.2 Å². The zero-order chi connectivity index (χ0) is 15.6. The molecule has 2 N–H and O–H groups in total. The minimum Gasteiger partial charge on any atom is -0.476 e. The second-order valence-electron chi connectivity index (χ2n) is 4.89. The predicted octanol–water partition coefficient (Wildman–Crippen LogP) is 0.546. The van der Waals surface area contributed by atoms with Crippen LogP contribution in [0.5, 0.6) is 0 Å². The van der Waals surface area contributed by atoms with E-state index in [0.29, 0.717) is 0 Å². The van der Waals surface area contributed by atoms with Crippen molar-refractivity contribution in [2.24, 2.45) is 0 Å². The molecule has 0 aliphatic carbocycles. The first kappa shape index (κ1) is 15.7. The van der Waals surface area contributed by atoms with Crippen molar-refractivity contribution in [3.63, 3.8) is 0 Å². The van der Waals surface area contributed by atoms with E-state index in [0.717, 1.165) is 0 Å². The fourth-order valence-corrected chi connectivity index (χ4v) is 3.57. The smallest absolute Gasteiger partial charge is 0.356 e. The number of aromatic carboxylic acids is 1. The van der Waals surface area contributed by atoms with E-state index >= 15 is 0 Å². The van der Waals surface area contributed by atoms with Crippen molar-refractivity contribution in [2.75, 3.05) is 17.8 Å². The molecule has 8 nitrogen and oxygen atoms in total. The molecule has 21 heavy (non-hydrogen) atoms. The average Bonchev–Trinajstić information content (AvgIpc) is 2.37. The summed E-state index contributed by atoms with van der Waals surface area (Å²) in [5, 5.41) is 9.03. The van der Waals surface area contributed by atoms with Gasteiger partial charge in [-0.15, -0.1) is 0 Å². The Morgan fingerprint density at radius 2 is 2.05 bits per heavy atom. The zero-order valence-corrected chi connectivity index (χ0v) is 12.5. The highest BCUT2D eigenvalue weighted by Gasteiger charge is 2.31. The van der Waals surface area contributed by atoms with Gasteiger partial charge in [0.25, 0.3) is 0 Å². The van der Waals surface area contributed by atoms with Gasteiger partial charge in [-0.25, -0.2) is 9.78 Å². The lowest BCUT2D eigenvalue weighted by Crippen LogP contribution is -2.50. The number of morpholine rings is 1. The minimum atomic E-state index is -3.86. The van der Waals surface area contributed by atoms with E-state index in [9.17, 15) is 13.2 Å². The van der Waals surface area contributed by atoms with Gasteiger partial charge in [-0.3, -0.25) is 4.72 Å². The van der Waals surface area contributed by atoms with E-state index in [4.69, 9.17) is 9.84 Å². The van der Waals surface area contributed by atoms with Gasteiger partial charge in [0, 0.05) is 19.3 Å². The van der Waals surface area contributed by atoms with Crippen LogP contribution in [0, 0.1) is 0 Å². The third kappa shape index (κ3) is 3.69. The Balaban J connectivity index is 2.24. The Bertz CT molecular complexity index is 624. The van der Waals surface area contributed by atoms with E-state index in [2.05, 4.69) is 9.71 Å². The van der Waals surface area contributed by atoms with Gasteiger partial charge < -0.3 is 9.84 Å². The molecular weight excluding hydrogens is 298 g/mol. The Morgan fingerprint density at radius 3 is 2.62 bits per heavy atom. The first-order chi connectivity index (χ1) is 9.79. The predicted molar refractivity (Wildman–Crippen MR) is 75.3 cm³/mol. The van der Waals surface area contributed by atoms with Crippen LogP contribution in [0.4, 0.5) is 5.69 Å². The largest absolute Gasteiger partial charge is 0.476 e. The normalized spacial score (nSPS) is 23.7. The van der Waals surface area contributed by atoms with Gasteiger partial charge in [0.1, 0.15) is 0 Å². The summed E-state index contributed by atoms with van der Waals surface area (Å²) in [6.07, 6.45) is 0.844. The van der Waals surface area contributed by atoms with Crippen LogP contribution in [0.2, 0.25) is 0 Å². The number of nitrogens with one attached hydrogen (secondary N) is 1. The fourth-order valence-electron chi connectivity index (χ4n) is 2.19. The Kier molecular flexibility index (Phi) is 4.45. The quantitative estimate of drug-likeness (QED) is 0.839. The number of hydrogen-bond donors (Lipinski definition) is 2. The molecule has 0 amide bonds. The molecule has 2 heterocycles.